The highest BCUT2D eigenvalue weighted by Crippen LogP contribution is 2.37. The number of carbonyl (C=O) groups excluding carboxylic acids is 2. The van der Waals surface area contributed by atoms with Crippen LogP contribution < -0.4 is 15.0 Å². The fraction of sp³-hybridized carbons (Fsp3) is 0.120. The average Bonchev–Trinajstić information content (AvgIpc) is 3.02. The molecule has 0 aromatic heterocycles. The van der Waals surface area contributed by atoms with Gasteiger partial charge in [0.1, 0.15) is 17.3 Å². The summed E-state index contributed by atoms with van der Waals surface area (Å²) in [5.74, 6) is -0.960. The average molecular weight is 451 g/mol. The lowest BCUT2D eigenvalue weighted by Crippen LogP contribution is -2.33. The molecule has 0 atom stereocenters. The number of hydrogen-bond donors (Lipinski definition) is 1. The third-order valence-electron chi connectivity index (χ3n) is 5.14. The zero-order valence-corrected chi connectivity index (χ0v) is 18.2. The summed E-state index contributed by atoms with van der Waals surface area (Å²) in [6, 6.07) is 17.6. The number of benzene rings is 3. The molecule has 0 saturated carbocycles. The lowest BCUT2D eigenvalue weighted by molar-refractivity contribution is -0.120. The summed E-state index contributed by atoms with van der Waals surface area (Å²) >= 11 is 6.24. The van der Waals surface area contributed by atoms with E-state index < -0.39 is 17.6 Å². The van der Waals surface area contributed by atoms with Crippen LogP contribution in [0.25, 0.3) is 5.57 Å². The van der Waals surface area contributed by atoms with Crippen molar-refractivity contribution in [1.82, 2.24) is 0 Å². The van der Waals surface area contributed by atoms with E-state index >= 15 is 0 Å². The molecule has 1 aliphatic heterocycles. The van der Waals surface area contributed by atoms with Crippen molar-refractivity contribution in [1.29, 1.82) is 0 Å². The number of carbonyl (C=O) groups is 2. The summed E-state index contributed by atoms with van der Waals surface area (Å²) in [6.07, 6.45) is 0. The van der Waals surface area contributed by atoms with Gasteiger partial charge >= 0.3 is 0 Å². The predicted molar refractivity (Wildman–Crippen MR) is 123 cm³/mol. The molecular formula is C25H20ClFN2O3. The van der Waals surface area contributed by atoms with Gasteiger partial charge in [-0.1, -0.05) is 41.9 Å². The van der Waals surface area contributed by atoms with Crippen LogP contribution in [0.5, 0.6) is 5.75 Å². The highest BCUT2D eigenvalue weighted by Gasteiger charge is 2.41. The molecule has 0 radical (unpaired) electrons. The summed E-state index contributed by atoms with van der Waals surface area (Å²) in [6.45, 7) is 4.03. The lowest BCUT2D eigenvalue weighted by atomic mass is 10.0. The van der Waals surface area contributed by atoms with Crippen molar-refractivity contribution >= 4 is 40.4 Å². The molecule has 0 saturated heterocycles. The van der Waals surface area contributed by atoms with E-state index in [1.54, 1.807) is 43.3 Å². The summed E-state index contributed by atoms with van der Waals surface area (Å²) in [4.78, 5) is 28.1. The number of hydrogen-bond acceptors (Lipinski definition) is 4. The molecule has 0 fully saturated rings. The molecule has 1 N–H and O–H groups in total. The first-order valence-electron chi connectivity index (χ1n) is 10.0. The highest BCUT2D eigenvalue weighted by atomic mass is 35.5. The Kier molecular flexibility index (Phi) is 5.97. The van der Waals surface area contributed by atoms with Gasteiger partial charge in [0, 0.05) is 5.02 Å². The molecule has 32 heavy (non-hydrogen) atoms. The van der Waals surface area contributed by atoms with Crippen LogP contribution in [0, 0.1) is 12.7 Å². The topological polar surface area (TPSA) is 58.6 Å². The molecule has 162 valence electrons. The molecule has 3 aromatic rings. The standard InChI is InChI=1S/C25H20ClFN2O3/c1-3-32-21-10-5-4-8-19(21)28-23-22(16-11-13-17(27)14-12-16)24(30)29(25(23)31)20-9-6-7-18(26)15(20)2/h4-14,28H,3H2,1-2H3. The third-order valence-corrected chi connectivity index (χ3v) is 5.55. The number of rotatable bonds is 6. The first-order chi connectivity index (χ1) is 15.4. The van der Waals surface area contributed by atoms with Gasteiger partial charge in [0.25, 0.3) is 11.8 Å². The maximum Gasteiger partial charge on any atom is 0.282 e. The van der Waals surface area contributed by atoms with E-state index in [0.717, 1.165) is 4.90 Å². The second kappa shape index (κ2) is 8.85. The second-order valence-corrected chi connectivity index (χ2v) is 7.55. The van der Waals surface area contributed by atoms with Crippen molar-refractivity contribution in [2.45, 2.75) is 13.8 Å². The molecule has 2 amide bonds. The largest absolute Gasteiger partial charge is 0.492 e. The number of halogens is 2. The molecular weight excluding hydrogens is 431 g/mol. The van der Waals surface area contributed by atoms with Crippen LogP contribution in [0.1, 0.15) is 18.1 Å². The van der Waals surface area contributed by atoms with E-state index in [1.165, 1.54) is 24.3 Å². The van der Waals surface area contributed by atoms with Crippen LogP contribution >= 0.6 is 11.6 Å². The Morgan fingerprint density at radius 2 is 1.69 bits per heavy atom. The first kappa shape index (κ1) is 21.6. The fourth-order valence-corrected chi connectivity index (χ4v) is 3.74. The van der Waals surface area contributed by atoms with Gasteiger partial charge in [-0.3, -0.25) is 9.59 Å². The van der Waals surface area contributed by atoms with Crippen LogP contribution in [0.2, 0.25) is 5.02 Å². The van der Waals surface area contributed by atoms with E-state index in [9.17, 15) is 14.0 Å². The fourth-order valence-electron chi connectivity index (χ4n) is 3.57. The minimum Gasteiger partial charge on any atom is -0.492 e. The summed E-state index contributed by atoms with van der Waals surface area (Å²) in [5, 5.41) is 3.53. The summed E-state index contributed by atoms with van der Waals surface area (Å²) in [5.41, 5.74) is 2.17. The molecule has 0 spiro atoms. The van der Waals surface area contributed by atoms with Crippen molar-refractivity contribution in [3.05, 3.63) is 94.4 Å². The Balaban J connectivity index is 1.86. The number of para-hydroxylation sites is 2. The van der Waals surface area contributed by atoms with Gasteiger partial charge in [-0.25, -0.2) is 9.29 Å². The number of nitrogens with one attached hydrogen (secondary N) is 1. The number of ether oxygens (including phenoxy) is 1. The Morgan fingerprint density at radius 3 is 2.41 bits per heavy atom. The first-order valence-corrected chi connectivity index (χ1v) is 10.4. The van der Waals surface area contributed by atoms with E-state index in [0.29, 0.717) is 39.9 Å². The molecule has 3 aromatic carbocycles. The molecule has 0 bridgehead atoms. The molecule has 1 aliphatic rings. The lowest BCUT2D eigenvalue weighted by Gasteiger charge is -2.18. The quantitative estimate of drug-likeness (QED) is 0.498. The number of amides is 2. The molecule has 4 rings (SSSR count). The van der Waals surface area contributed by atoms with E-state index in [-0.39, 0.29) is 11.3 Å². The van der Waals surface area contributed by atoms with Gasteiger partial charge in [-0.2, -0.15) is 0 Å². The third kappa shape index (κ3) is 3.85. The van der Waals surface area contributed by atoms with Gasteiger partial charge in [-0.15, -0.1) is 0 Å². The predicted octanol–water partition coefficient (Wildman–Crippen LogP) is 5.58. The van der Waals surface area contributed by atoms with E-state index in [4.69, 9.17) is 16.3 Å². The van der Waals surface area contributed by atoms with Crippen molar-refractivity contribution in [3.63, 3.8) is 0 Å². The Labute approximate surface area is 190 Å². The second-order valence-electron chi connectivity index (χ2n) is 7.14. The van der Waals surface area contributed by atoms with Crippen molar-refractivity contribution < 1.29 is 18.7 Å². The minimum absolute atomic E-state index is 0.0770. The van der Waals surface area contributed by atoms with Crippen LogP contribution in [-0.2, 0) is 9.59 Å². The van der Waals surface area contributed by atoms with Crippen molar-refractivity contribution in [3.8, 4) is 5.75 Å². The van der Waals surface area contributed by atoms with Crippen molar-refractivity contribution in [2.75, 3.05) is 16.8 Å². The van der Waals surface area contributed by atoms with E-state index in [2.05, 4.69) is 5.32 Å². The van der Waals surface area contributed by atoms with Crippen LogP contribution in [0.15, 0.2) is 72.4 Å². The van der Waals surface area contributed by atoms with E-state index in [1.807, 2.05) is 13.0 Å². The molecule has 5 nitrogen and oxygen atoms in total. The zero-order valence-electron chi connectivity index (χ0n) is 17.5. The highest BCUT2D eigenvalue weighted by molar-refractivity contribution is 6.46. The number of nitrogens with zero attached hydrogens (tertiary/aromatic N) is 1. The van der Waals surface area contributed by atoms with Crippen LogP contribution in [0.4, 0.5) is 15.8 Å². The molecule has 0 unspecified atom stereocenters. The SMILES string of the molecule is CCOc1ccccc1NC1=C(c2ccc(F)cc2)C(=O)N(c2cccc(Cl)c2C)C1=O. The molecule has 1 heterocycles. The summed E-state index contributed by atoms with van der Waals surface area (Å²) in [7, 11) is 0. The Morgan fingerprint density at radius 1 is 0.969 bits per heavy atom. The Hall–Kier alpha value is -3.64. The monoisotopic (exact) mass is 450 g/mol. The normalized spacial score (nSPS) is 13.7. The zero-order chi connectivity index (χ0) is 22.8. The molecule has 7 heteroatoms. The smallest absolute Gasteiger partial charge is 0.282 e. The van der Waals surface area contributed by atoms with Crippen LogP contribution in [0.3, 0.4) is 0 Å². The van der Waals surface area contributed by atoms with Gasteiger partial charge in [-0.05, 0) is 61.4 Å². The van der Waals surface area contributed by atoms with Crippen molar-refractivity contribution in [2.24, 2.45) is 0 Å². The Bertz CT molecular complexity index is 1240. The summed E-state index contributed by atoms with van der Waals surface area (Å²) < 4.78 is 19.2. The van der Waals surface area contributed by atoms with Gasteiger partial charge in [0.15, 0.2) is 0 Å². The molecule has 0 aliphatic carbocycles. The maximum absolute atomic E-state index is 13.5. The number of imide groups is 1. The van der Waals surface area contributed by atoms with Gasteiger partial charge < -0.3 is 10.1 Å². The van der Waals surface area contributed by atoms with Crippen LogP contribution in [-0.4, -0.2) is 18.4 Å². The minimum atomic E-state index is -0.536. The maximum atomic E-state index is 13.5. The number of anilines is 2. The van der Waals surface area contributed by atoms with Gasteiger partial charge in [0.05, 0.1) is 23.6 Å². The van der Waals surface area contributed by atoms with Gasteiger partial charge in [0.2, 0.25) is 0 Å².